The van der Waals surface area contributed by atoms with Crippen molar-refractivity contribution in [2.75, 3.05) is 4.90 Å². The Hall–Kier alpha value is -3.59. The third kappa shape index (κ3) is 2.94. The zero-order valence-electron chi connectivity index (χ0n) is 15.3. The first kappa shape index (κ1) is 18.4. The summed E-state index contributed by atoms with van der Waals surface area (Å²) >= 11 is 3.44. The molecular formula is C21H13BrN4O4. The summed E-state index contributed by atoms with van der Waals surface area (Å²) < 4.78 is 0.957. The predicted octanol–water partition coefficient (Wildman–Crippen LogP) is 5.33. The topological polar surface area (TPSA) is 102 Å². The molecule has 0 radical (unpaired) electrons. The number of non-ortho nitro benzene ring substituents is 2. The molecule has 5 rings (SSSR count). The minimum absolute atomic E-state index is 0.00383. The number of rotatable bonds is 4. The van der Waals surface area contributed by atoms with Crippen LogP contribution in [0.5, 0.6) is 0 Å². The van der Waals surface area contributed by atoms with Crippen LogP contribution >= 0.6 is 15.9 Å². The van der Waals surface area contributed by atoms with E-state index in [1.165, 1.54) is 24.3 Å². The van der Waals surface area contributed by atoms with E-state index in [0.717, 1.165) is 21.3 Å². The van der Waals surface area contributed by atoms with Gasteiger partial charge in [-0.15, -0.1) is 0 Å². The van der Waals surface area contributed by atoms with E-state index >= 15 is 0 Å². The molecule has 0 aromatic heterocycles. The molecule has 0 bridgehead atoms. The third-order valence-corrected chi connectivity index (χ3v) is 5.89. The summed E-state index contributed by atoms with van der Waals surface area (Å²) in [4.78, 5) is 28.3. The molecule has 0 amide bonds. The van der Waals surface area contributed by atoms with Crippen molar-refractivity contribution < 1.29 is 9.85 Å². The monoisotopic (exact) mass is 464 g/mol. The molecule has 1 fully saturated rings. The van der Waals surface area contributed by atoms with Crippen molar-refractivity contribution in [3.8, 4) is 0 Å². The van der Waals surface area contributed by atoms with Gasteiger partial charge in [-0.05, 0) is 29.3 Å². The zero-order valence-corrected chi connectivity index (χ0v) is 16.9. The van der Waals surface area contributed by atoms with E-state index in [1.54, 1.807) is 18.2 Å². The Balaban J connectivity index is 1.61. The predicted molar refractivity (Wildman–Crippen MR) is 116 cm³/mol. The Morgan fingerprint density at radius 3 is 2.10 bits per heavy atom. The van der Waals surface area contributed by atoms with Gasteiger partial charge in [0.2, 0.25) is 0 Å². The van der Waals surface area contributed by atoms with Gasteiger partial charge in [-0.3, -0.25) is 20.2 Å². The fraction of sp³-hybridized carbons (Fsp3) is 0.0952. The quantitative estimate of drug-likeness (QED) is 0.295. The van der Waals surface area contributed by atoms with Crippen molar-refractivity contribution in [2.45, 2.75) is 12.1 Å². The van der Waals surface area contributed by atoms with Gasteiger partial charge in [-0.2, -0.15) is 0 Å². The second-order valence-corrected chi connectivity index (χ2v) is 8.00. The second kappa shape index (κ2) is 6.74. The van der Waals surface area contributed by atoms with Crippen LogP contribution in [-0.2, 0) is 0 Å². The number of benzene rings is 3. The molecule has 9 heteroatoms. The standard InChI is InChI=1S/C21H13BrN4O4/c22-14-5-1-12(2-6-14)19-21-20(13-3-7-15(8-4-13)25(27)28)24(21)18-11-16(26(29)30)9-10-17(18)23-19/h1-11,20-21H/t20-,21+,24?/m0/s1. The van der Waals surface area contributed by atoms with E-state index in [-0.39, 0.29) is 23.5 Å². The van der Waals surface area contributed by atoms with Crippen molar-refractivity contribution in [3.63, 3.8) is 0 Å². The van der Waals surface area contributed by atoms with Crippen LogP contribution < -0.4 is 4.90 Å². The normalized spacial score (nSPS) is 18.8. The molecular weight excluding hydrogens is 452 g/mol. The van der Waals surface area contributed by atoms with Gasteiger partial charge in [-0.25, -0.2) is 4.99 Å². The maximum atomic E-state index is 11.3. The van der Waals surface area contributed by atoms with Crippen LogP contribution in [0.2, 0.25) is 0 Å². The molecule has 2 aliphatic heterocycles. The number of fused-ring (bicyclic) bond motifs is 3. The minimum atomic E-state index is -0.433. The lowest BCUT2D eigenvalue weighted by Gasteiger charge is -2.17. The van der Waals surface area contributed by atoms with Gasteiger partial charge >= 0.3 is 0 Å². The smallest absolute Gasteiger partial charge is 0.271 e. The molecule has 2 aliphatic rings. The number of nitro groups is 2. The molecule has 2 heterocycles. The molecule has 8 nitrogen and oxygen atoms in total. The highest BCUT2D eigenvalue weighted by Crippen LogP contribution is 2.55. The lowest BCUT2D eigenvalue weighted by atomic mass is 10.0. The molecule has 148 valence electrons. The second-order valence-electron chi connectivity index (χ2n) is 7.08. The van der Waals surface area contributed by atoms with Crippen molar-refractivity contribution in [2.24, 2.45) is 4.99 Å². The number of nitrogens with zero attached hydrogens (tertiary/aromatic N) is 4. The van der Waals surface area contributed by atoms with E-state index in [9.17, 15) is 20.2 Å². The SMILES string of the molecule is O=[N+]([O-])c1ccc([C@H]2[C@H]3C(c4ccc(Br)cc4)=Nc4ccc([N+](=O)[O-])cc4N32)cc1. The number of hydrogen-bond acceptors (Lipinski definition) is 6. The van der Waals surface area contributed by atoms with E-state index in [0.29, 0.717) is 11.4 Å². The van der Waals surface area contributed by atoms with Gasteiger partial charge in [0.15, 0.2) is 0 Å². The lowest BCUT2D eigenvalue weighted by molar-refractivity contribution is -0.385. The number of hydrogen-bond donors (Lipinski definition) is 0. The van der Waals surface area contributed by atoms with Crippen LogP contribution in [0, 0.1) is 20.2 Å². The molecule has 3 aromatic rings. The molecule has 1 saturated heterocycles. The molecule has 0 unspecified atom stereocenters. The number of halogens is 1. The molecule has 2 atom stereocenters. The Morgan fingerprint density at radius 2 is 1.47 bits per heavy atom. The van der Waals surface area contributed by atoms with Gasteiger partial charge in [0.05, 0.1) is 39.0 Å². The Kier molecular flexibility index (Phi) is 4.14. The Labute approximate surface area is 178 Å². The lowest BCUT2D eigenvalue weighted by Crippen LogP contribution is -2.17. The summed E-state index contributed by atoms with van der Waals surface area (Å²) in [5, 5.41) is 22.2. The van der Waals surface area contributed by atoms with E-state index in [4.69, 9.17) is 4.99 Å². The maximum Gasteiger partial charge on any atom is 0.271 e. The largest absolute Gasteiger partial charge is 0.349 e. The highest BCUT2D eigenvalue weighted by atomic mass is 79.9. The average molecular weight is 465 g/mol. The first-order valence-electron chi connectivity index (χ1n) is 9.10. The van der Waals surface area contributed by atoms with Crippen LogP contribution in [0.4, 0.5) is 22.7 Å². The van der Waals surface area contributed by atoms with E-state index in [1.807, 2.05) is 24.3 Å². The summed E-state index contributed by atoms with van der Waals surface area (Å²) in [6.07, 6.45) is 0. The van der Waals surface area contributed by atoms with Crippen LogP contribution in [-0.4, -0.2) is 21.6 Å². The maximum absolute atomic E-state index is 11.3. The molecule has 0 spiro atoms. The molecule has 3 aromatic carbocycles. The third-order valence-electron chi connectivity index (χ3n) is 5.36. The van der Waals surface area contributed by atoms with Crippen LogP contribution in [0.15, 0.2) is 76.2 Å². The summed E-state index contributed by atoms with van der Waals surface area (Å²) in [7, 11) is 0. The summed E-state index contributed by atoms with van der Waals surface area (Å²) in [5.74, 6) is 0. The molecule has 0 aliphatic carbocycles. The van der Waals surface area contributed by atoms with Crippen LogP contribution in [0.1, 0.15) is 17.2 Å². The van der Waals surface area contributed by atoms with E-state index < -0.39 is 9.85 Å². The molecule has 30 heavy (non-hydrogen) atoms. The zero-order chi connectivity index (χ0) is 21.0. The van der Waals surface area contributed by atoms with Gasteiger partial charge in [0, 0.05) is 28.7 Å². The van der Waals surface area contributed by atoms with Gasteiger partial charge < -0.3 is 4.90 Å². The van der Waals surface area contributed by atoms with Crippen molar-refractivity contribution in [1.82, 2.24) is 0 Å². The molecule has 0 N–H and O–H groups in total. The summed E-state index contributed by atoms with van der Waals surface area (Å²) in [6, 6.07) is 18.7. The number of aliphatic imine (C=N–C) groups is 1. The van der Waals surface area contributed by atoms with Crippen molar-refractivity contribution >= 4 is 44.4 Å². The molecule has 0 saturated carbocycles. The first-order chi connectivity index (χ1) is 14.4. The van der Waals surface area contributed by atoms with Crippen LogP contribution in [0.3, 0.4) is 0 Å². The van der Waals surface area contributed by atoms with Gasteiger partial charge in [0.1, 0.15) is 0 Å². The average Bonchev–Trinajstić information content (AvgIpc) is 3.49. The van der Waals surface area contributed by atoms with E-state index in [2.05, 4.69) is 20.8 Å². The minimum Gasteiger partial charge on any atom is -0.349 e. The van der Waals surface area contributed by atoms with Gasteiger partial charge in [-0.1, -0.05) is 40.2 Å². The first-order valence-corrected chi connectivity index (χ1v) is 9.89. The van der Waals surface area contributed by atoms with Crippen molar-refractivity contribution in [3.05, 3.63) is 103 Å². The fourth-order valence-electron chi connectivity index (χ4n) is 3.93. The highest BCUT2D eigenvalue weighted by Gasteiger charge is 2.55. The Bertz CT molecular complexity index is 1220. The van der Waals surface area contributed by atoms with Crippen molar-refractivity contribution in [1.29, 1.82) is 0 Å². The highest BCUT2D eigenvalue weighted by molar-refractivity contribution is 9.10. The van der Waals surface area contributed by atoms with Gasteiger partial charge in [0.25, 0.3) is 11.4 Å². The summed E-state index contributed by atoms with van der Waals surface area (Å²) in [5.41, 5.74) is 4.11. The van der Waals surface area contributed by atoms with Crippen LogP contribution in [0.25, 0.3) is 0 Å². The fourth-order valence-corrected chi connectivity index (χ4v) is 4.19. The number of anilines is 1. The number of nitro benzene ring substituents is 2. The summed E-state index contributed by atoms with van der Waals surface area (Å²) in [6.45, 7) is 0. The Morgan fingerprint density at radius 1 is 0.833 bits per heavy atom.